The molecular weight excluding hydrogens is 480 g/mol. The number of rotatable bonds is 6. The van der Waals surface area contributed by atoms with Crippen LogP contribution in [0.15, 0.2) is 18.2 Å². The van der Waals surface area contributed by atoms with E-state index in [0.29, 0.717) is 23.7 Å². The summed E-state index contributed by atoms with van der Waals surface area (Å²) in [7, 11) is 0. The molecule has 1 N–H and O–H groups in total. The fourth-order valence-corrected chi connectivity index (χ4v) is 3.75. The second kappa shape index (κ2) is 9.52. The van der Waals surface area contributed by atoms with Crippen molar-refractivity contribution in [3.8, 4) is 11.4 Å². The first-order valence-electron chi connectivity index (χ1n) is 9.77. The van der Waals surface area contributed by atoms with Gasteiger partial charge >= 0.3 is 12.1 Å². The smallest absolute Gasteiger partial charge is 0.376 e. The van der Waals surface area contributed by atoms with Crippen LogP contribution in [0.2, 0.25) is 10.0 Å². The highest BCUT2D eigenvalue weighted by Gasteiger charge is 2.57. The molecule has 1 aliphatic rings. The Morgan fingerprint density at radius 3 is 2.59 bits per heavy atom. The first-order chi connectivity index (χ1) is 14.9. The number of hydrogen-bond acceptors (Lipinski definition) is 3. The predicted molar refractivity (Wildman–Crippen MR) is 109 cm³/mol. The number of hydrogen-bond donors (Lipinski definition) is 1. The number of ether oxygens (including phenoxy) is 1. The molecule has 0 saturated carbocycles. The van der Waals surface area contributed by atoms with E-state index in [1.807, 2.05) is 0 Å². The Morgan fingerprint density at radius 1 is 1.25 bits per heavy atom. The summed E-state index contributed by atoms with van der Waals surface area (Å²) in [6, 6.07) is 4.63. The van der Waals surface area contributed by atoms with Gasteiger partial charge in [0.15, 0.2) is 0 Å². The molecule has 1 aromatic carbocycles. The highest BCUT2D eigenvalue weighted by Crippen LogP contribution is 2.35. The molecule has 0 bridgehead atoms. The monoisotopic (exact) mass is 499 g/mol. The van der Waals surface area contributed by atoms with Gasteiger partial charge in [0, 0.05) is 22.9 Å². The van der Waals surface area contributed by atoms with Gasteiger partial charge in [0.2, 0.25) is 0 Å². The highest BCUT2D eigenvalue weighted by molar-refractivity contribution is 6.35. The second-order valence-corrected chi connectivity index (χ2v) is 8.32. The van der Waals surface area contributed by atoms with E-state index in [1.165, 1.54) is 19.1 Å². The number of carbonyl (C=O) groups excluding carboxylic acids is 1. The van der Waals surface area contributed by atoms with Crippen molar-refractivity contribution in [2.45, 2.75) is 50.9 Å². The quantitative estimate of drug-likeness (QED) is 0.521. The number of benzene rings is 1. The molecule has 2 heterocycles. The summed E-state index contributed by atoms with van der Waals surface area (Å²) in [6.07, 6.45) is -3.33. The zero-order chi connectivity index (χ0) is 23.7. The fraction of sp³-hybridized carbons (Fsp3) is 0.500. The average Bonchev–Trinajstić information content (AvgIpc) is 3.04. The maximum atomic E-state index is 13.2. The lowest BCUT2D eigenvalue weighted by molar-refractivity contribution is -0.278. The molecule has 1 saturated heterocycles. The number of imidazole rings is 1. The summed E-state index contributed by atoms with van der Waals surface area (Å²) < 4.78 is 71.2. The maximum absolute atomic E-state index is 13.2. The van der Waals surface area contributed by atoms with Crippen LogP contribution in [0, 0.1) is 6.92 Å². The Morgan fingerprint density at radius 2 is 1.97 bits per heavy atom. The molecule has 32 heavy (non-hydrogen) atoms. The molecule has 0 radical (unpaired) electrons. The van der Waals surface area contributed by atoms with E-state index in [0.717, 1.165) is 19.3 Å². The van der Waals surface area contributed by atoms with Gasteiger partial charge in [-0.15, -0.1) is 0 Å². The normalized spacial score (nSPS) is 17.4. The third-order valence-electron chi connectivity index (χ3n) is 5.15. The summed E-state index contributed by atoms with van der Waals surface area (Å²) in [5.74, 6) is -6.00. The third kappa shape index (κ3) is 5.35. The summed E-state index contributed by atoms with van der Waals surface area (Å²) in [5.41, 5.74) is 0.376. The molecule has 1 unspecified atom stereocenters. The van der Waals surface area contributed by atoms with Crippen molar-refractivity contribution in [1.82, 2.24) is 14.9 Å². The van der Waals surface area contributed by atoms with Gasteiger partial charge in [0.1, 0.15) is 11.5 Å². The molecule has 2 aromatic rings. The van der Waals surface area contributed by atoms with Gasteiger partial charge in [-0.05, 0) is 44.4 Å². The molecule has 5 nitrogen and oxygen atoms in total. The number of carbonyl (C=O) groups is 1. The topological polar surface area (TPSA) is 56.2 Å². The minimum absolute atomic E-state index is 0.182. The Bertz CT molecular complexity index is 988. The molecule has 1 aromatic heterocycles. The summed E-state index contributed by atoms with van der Waals surface area (Å²) in [4.78, 5) is 16.7. The van der Waals surface area contributed by atoms with Crippen LogP contribution in [0.5, 0.6) is 0 Å². The second-order valence-electron chi connectivity index (χ2n) is 7.48. The van der Waals surface area contributed by atoms with Crippen LogP contribution in [-0.2, 0) is 11.3 Å². The minimum atomic E-state index is -5.79. The number of nitrogens with one attached hydrogen (secondary N) is 1. The molecule has 1 amide bonds. The maximum Gasteiger partial charge on any atom is 0.455 e. The summed E-state index contributed by atoms with van der Waals surface area (Å²) >= 11 is 12.4. The Hall–Kier alpha value is -1.91. The van der Waals surface area contributed by atoms with E-state index in [9.17, 15) is 26.7 Å². The van der Waals surface area contributed by atoms with Crippen LogP contribution in [0.1, 0.15) is 35.4 Å². The van der Waals surface area contributed by atoms with Crippen LogP contribution in [0.3, 0.4) is 0 Å². The van der Waals surface area contributed by atoms with Crippen LogP contribution in [-0.4, -0.2) is 46.8 Å². The Balaban J connectivity index is 1.96. The molecule has 3 rings (SSSR count). The molecular formula is C20H20Cl2F5N3O2. The van der Waals surface area contributed by atoms with Crippen molar-refractivity contribution < 1.29 is 31.5 Å². The lowest BCUT2D eigenvalue weighted by Gasteiger charge is -2.24. The molecule has 1 fully saturated rings. The zero-order valence-corrected chi connectivity index (χ0v) is 18.4. The first-order valence-corrected chi connectivity index (χ1v) is 10.5. The zero-order valence-electron chi connectivity index (χ0n) is 16.9. The van der Waals surface area contributed by atoms with Crippen molar-refractivity contribution in [3.63, 3.8) is 0 Å². The summed E-state index contributed by atoms with van der Waals surface area (Å²) in [6.45, 7) is 0.490. The lowest BCUT2D eigenvalue weighted by Crippen LogP contribution is -2.46. The molecule has 1 atom stereocenters. The lowest BCUT2D eigenvalue weighted by atomic mass is 10.1. The van der Waals surface area contributed by atoms with E-state index in [-0.39, 0.29) is 28.3 Å². The Labute approximate surface area is 190 Å². The third-order valence-corrected chi connectivity index (χ3v) is 5.72. The van der Waals surface area contributed by atoms with Gasteiger partial charge in [-0.2, -0.15) is 22.0 Å². The van der Waals surface area contributed by atoms with Gasteiger partial charge in [0.05, 0.1) is 24.2 Å². The van der Waals surface area contributed by atoms with Gasteiger partial charge in [-0.1, -0.05) is 23.2 Å². The van der Waals surface area contributed by atoms with Crippen molar-refractivity contribution in [3.05, 3.63) is 39.6 Å². The molecule has 0 aliphatic carbocycles. The van der Waals surface area contributed by atoms with Crippen LogP contribution in [0.4, 0.5) is 22.0 Å². The minimum Gasteiger partial charge on any atom is -0.376 e. The number of alkyl halides is 5. The fourth-order valence-electron chi connectivity index (χ4n) is 3.38. The van der Waals surface area contributed by atoms with E-state index in [1.54, 1.807) is 16.0 Å². The predicted octanol–water partition coefficient (Wildman–Crippen LogP) is 5.66. The van der Waals surface area contributed by atoms with Gasteiger partial charge in [0.25, 0.3) is 5.91 Å². The Kier molecular flexibility index (Phi) is 7.36. The van der Waals surface area contributed by atoms with Crippen molar-refractivity contribution in [2.24, 2.45) is 0 Å². The van der Waals surface area contributed by atoms with Crippen LogP contribution >= 0.6 is 23.2 Å². The molecule has 176 valence electrons. The first kappa shape index (κ1) is 24.7. The SMILES string of the molecule is Cc1c(C(=O)NCC(F)(F)C(F)(F)F)nc(-c2cc(Cl)ccc2Cl)n1CC1CCCCO1. The van der Waals surface area contributed by atoms with Crippen LogP contribution < -0.4 is 5.32 Å². The molecule has 12 heteroatoms. The van der Waals surface area contributed by atoms with Gasteiger partial charge in [-0.25, -0.2) is 4.98 Å². The van der Waals surface area contributed by atoms with E-state index in [4.69, 9.17) is 27.9 Å². The van der Waals surface area contributed by atoms with Crippen LogP contribution in [0.25, 0.3) is 11.4 Å². The molecule has 1 aliphatic heterocycles. The molecule has 0 spiro atoms. The van der Waals surface area contributed by atoms with E-state index in [2.05, 4.69) is 4.98 Å². The van der Waals surface area contributed by atoms with Gasteiger partial charge in [-0.3, -0.25) is 4.79 Å². The number of amides is 1. The number of halogens is 7. The highest BCUT2D eigenvalue weighted by atomic mass is 35.5. The van der Waals surface area contributed by atoms with Crippen molar-refractivity contribution >= 4 is 29.1 Å². The number of nitrogens with zero attached hydrogens (tertiary/aromatic N) is 2. The largest absolute Gasteiger partial charge is 0.455 e. The van der Waals surface area contributed by atoms with Crippen molar-refractivity contribution in [2.75, 3.05) is 13.2 Å². The summed E-state index contributed by atoms with van der Waals surface area (Å²) in [5, 5.41) is 2.26. The average molecular weight is 500 g/mol. The standard InChI is InChI=1S/C20H20Cl2F5N3O2/c1-11-16(18(31)28-10-19(23,24)20(25,26)27)29-17(14-8-12(21)5-6-15(14)22)30(11)9-13-4-2-3-7-32-13/h5-6,8,13H,2-4,7,9-10H2,1H3,(H,28,31). The van der Waals surface area contributed by atoms with Crippen molar-refractivity contribution in [1.29, 1.82) is 0 Å². The van der Waals surface area contributed by atoms with E-state index < -0.39 is 24.6 Å². The number of aromatic nitrogens is 2. The van der Waals surface area contributed by atoms with Gasteiger partial charge < -0.3 is 14.6 Å². The van der Waals surface area contributed by atoms with E-state index >= 15 is 0 Å².